The molecule has 5 rings (SSSR count). The van der Waals surface area contributed by atoms with Crippen molar-refractivity contribution in [2.24, 2.45) is 5.92 Å². The van der Waals surface area contributed by atoms with E-state index in [1.807, 2.05) is 43.5 Å². The molecule has 6 nitrogen and oxygen atoms in total. The molecule has 0 saturated carbocycles. The van der Waals surface area contributed by atoms with Gasteiger partial charge in [-0.2, -0.15) is 5.10 Å². The monoisotopic (exact) mass is 504 g/mol. The molecule has 0 atom stereocenters. The highest BCUT2D eigenvalue weighted by Crippen LogP contribution is 2.29. The number of hydrogen-bond acceptors (Lipinski definition) is 4. The van der Waals surface area contributed by atoms with Gasteiger partial charge in [0.2, 0.25) is 0 Å². The number of pyridine rings is 2. The summed E-state index contributed by atoms with van der Waals surface area (Å²) in [6, 6.07) is 12.4. The third-order valence-corrected chi connectivity index (χ3v) is 6.50. The normalized spacial score (nSPS) is 12.4. The predicted octanol–water partition coefficient (Wildman–Crippen LogP) is 6.03. The molecule has 5 aromatic rings. The Bertz CT molecular complexity index is 1790. The van der Waals surface area contributed by atoms with Crippen LogP contribution in [0.3, 0.4) is 0 Å². The van der Waals surface area contributed by atoms with Gasteiger partial charge < -0.3 is 10.3 Å². The minimum Gasteiger partial charge on any atom is -0.358 e. The Morgan fingerprint density at radius 1 is 1.11 bits per heavy atom. The van der Waals surface area contributed by atoms with Crippen LogP contribution in [-0.4, -0.2) is 25.1 Å². The van der Waals surface area contributed by atoms with Crippen molar-refractivity contribution in [2.75, 3.05) is 5.32 Å². The second-order valence-electron chi connectivity index (χ2n) is 9.56. The summed E-state index contributed by atoms with van der Waals surface area (Å²) in [6.07, 6.45) is 9.31. The van der Waals surface area contributed by atoms with E-state index in [1.165, 1.54) is 12.1 Å². The average molecular weight is 505 g/mol. The van der Waals surface area contributed by atoms with Crippen molar-refractivity contribution >= 4 is 34.8 Å². The molecule has 0 saturated heterocycles. The van der Waals surface area contributed by atoms with Crippen molar-refractivity contribution in [3.8, 4) is 22.6 Å². The molecule has 0 radical (unpaired) electrons. The summed E-state index contributed by atoms with van der Waals surface area (Å²) in [6.45, 7) is 14.6. The van der Waals surface area contributed by atoms with Crippen LogP contribution in [0, 0.1) is 11.7 Å². The fourth-order valence-electron chi connectivity index (χ4n) is 4.14. The molecule has 0 aliphatic heterocycles. The lowest BCUT2D eigenvalue weighted by Crippen LogP contribution is -2.21. The lowest BCUT2D eigenvalue weighted by Gasteiger charge is -2.13. The Morgan fingerprint density at radius 3 is 2.74 bits per heavy atom. The Hall–Kier alpha value is -4.78. The lowest BCUT2D eigenvalue weighted by molar-refractivity contribution is 0.628. The van der Waals surface area contributed by atoms with Crippen LogP contribution in [0.5, 0.6) is 0 Å². The first-order chi connectivity index (χ1) is 18.3. The summed E-state index contributed by atoms with van der Waals surface area (Å²) < 4.78 is 13.8. The van der Waals surface area contributed by atoms with Gasteiger partial charge in [-0.15, -0.1) is 0 Å². The molecule has 4 heterocycles. The molecule has 0 fully saturated rings. The molecule has 0 aliphatic rings. The molecular formula is C31H29FN6. The summed E-state index contributed by atoms with van der Waals surface area (Å²) in [4.78, 5) is 12.3. The Kier molecular flexibility index (Phi) is 6.75. The van der Waals surface area contributed by atoms with Gasteiger partial charge in [-0.3, -0.25) is 15.1 Å². The van der Waals surface area contributed by atoms with E-state index in [1.54, 1.807) is 18.5 Å². The van der Waals surface area contributed by atoms with Crippen molar-refractivity contribution in [2.45, 2.75) is 20.8 Å². The van der Waals surface area contributed by atoms with Crippen molar-refractivity contribution in [1.82, 2.24) is 25.1 Å². The number of rotatable bonds is 7. The molecule has 38 heavy (non-hydrogen) atoms. The summed E-state index contributed by atoms with van der Waals surface area (Å²) in [5.74, 6) is 0.0304. The van der Waals surface area contributed by atoms with Gasteiger partial charge in [0, 0.05) is 39.8 Å². The van der Waals surface area contributed by atoms with Crippen molar-refractivity contribution < 1.29 is 4.39 Å². The molecule has 7 heteroatoms. The largest absolute Gasteiger partial charge is 0.358 e. The van der Waals surface area contributed by atoms with E-state index in [9.17, 15) is 4.39 Å². The standard InChI is InChI=1S/C31H29FN6/c1-18(2)21(5)35-25-14-23(16-33-17-25)19(3)9-10-27-20(4)30(38-37-27)29-15-26-28(36-29)11-12-34-31(26)22-7-6-8-24(32)13-22/h6-18,35-37H,4-5H2,1-3H3/b19-9+,27-10+. The fraction of sp³-hybridized carbons (Fsp3) is 0.129. The summed E-state index contributed by atoms with van der Waals surface area (Å²) in [7, 11) is 0. The van der Waals surface area contributed by atoms with Gasteiger partial charge in [-0.25, -0.2) is 4.39 Å². The van der Waals surface area contributed by atoms with E-state index in [0.29, 0.717) is 17.3 Å². The van der Waals surface area contributed by atoms with E-state index in [4.69, 9.17) is 0 Å². The van der Waals surface area contributed by atoms with Crippen LogP contribution in [0.25, 0.3) is 51.8 Å². The van der Waals surface area contributed by atoms with Gasteiger partial charge >= 0.3 is 0 Å². The maximum Gasteiger partial charge on any atom is 0.123 e. The minimum absolute atomic E-state index is 0.298. The van der Waals surface area contributed by atoms with Crippen molar-refractivity contribution in [3.05, 3.63) is 101 Å². The second-order valence-corrected chi connectivity index (χ2v) is 9.56. The third-order valence-electron chi connectivity index (χ3n) is 6.50. The molecule has 0 amide bonds. The number of aromatic amines is 2. The third kappa shape index (κ3) is 5.04. The van der Waals surface area contributed by atoms with Crippen LogP contribution in [0.2, 0.25) is 0 Å². The number of H-pyrrole nitrogens is 2. The number of aromatic nitrogens is 5. The maximum absolute atomic E-state index is 13.8. The zero-order chi connectivity index (χ0) is 26.8. The van der Waals surface area contributed by atoms with E-state index < -0.39 is 0 Å². The average Bonchev–Trinajstić information content (AvgIpc) is 3.50. The lowest BCUT2D eigenvalue weighted by atomic mass is 10.1. The molecule has 0 bridgehead atoms. The Labute approximate surface area is 220 Å². The van der Waals surface area contributed by atoms with Gasteiger partial charge in [0.15, 0.2) is 0 Å². The van der Waals surface area contributed by atoms with Gasteiger partial charge in [-0.1, -0.05) is 45.2 Å². The first kappa shape index (κ1) is 24.9. The number of nitrogens with zero attached hydrogens (tertiary/aromatic N) is 3. The zero-order valence-corrected chi connectivity index (χ0v) is 21.6. The molecule has 4 aromatic heterocycles. The minimum atomic E-state index is -0.298. The van der Waals surface area contributed by atoms with Crippen LogP contribution in [0.15, 0.2) is 79.4 Å². The number of fused-ring (bicyclic) bond motifs is 1. The molecule has 0 aliphatic carbocycles. The molecule has 0 unspecified atom stereocenters. The highest BCUT2D eigenvalue weighted by molar-refractivity contribution is 5.96. The van der Waals surface area contributed by atoms with Gasteiger partial charge in [0.05, 0.1) is 28.6 Å². The second kappa shape index (κ2) is 10.3. The van der Waals surface area contributed by atoms with E-state index >= 15 is 0 Å². The first-order valence-electron chi connectivity index (χ1n) is 12.4. The molecule has 1 aromatic carbocycles. The van der Waals surface area contributed by atoms with E-state index in [0.717, 1.165) is 55.2 Å². The Morgan fingerprint density at radius 2 is 1.95 bits per heavy atom. The molecule has 3 N–H and O–H groups in total. The van der Waals surface area contributed by atoms with Crippen molar-refractivity contribution in [3.63, 3.8) is 0 Å². The topological polar surface area (TPSA) is 82.3 Å². The predicted molar refractivity (Wildman–Crippen MR) is 154 cm³/mol. The molecular weight excluding hydrogens is 475 g/mol. The zero-order valence-electron chi connectivity index (χ0n) is 21.6. The number of hydrogen-bond donors (Lipinski definition) is 3. The summed E-state index contributed by atoms with van der Waals surface area (Å²) in [5.41, 5.74) is 7.72. The quantitative estimate of drug-likeness (QED) is 0.253. The van der Waals surface area contributed by atoms with Crippen molar-refractivity contribution in [1.29, 1.82) is 0 Å². The number of anilines is 1. The highest BCUT2D eigenvalue weighted by atomic mass is 19.1. The van der Waals surface area contributed by atoms with E-state index in [-0.39, 0.29) is 5.82 Å². The fourth-order valence-corrected chi connectivity index (χ4v) is 4.14. The summed E-state index contributed by atoms with van der Waals surface area (Å²) in [5, 5.41) is 13.4. The van der Waals surface area contributed by atoms with Crippen LogP contribution in [-0.2, 0) is 0 Å². The number of benzene rings is 1. The summed E-state index contributed by atoms with van der Waals surface area (Å²) >= 11 is 0. The Balaban J connectivity index is 1.45. The van der Waals surface area contributed by atoms with Gasteiger partial charge in [0.1, 0.15) is 11.5 Å². The number of halogens is 1. The maximum atomic E-state index is 13.8. The SMILES string of the molecule is C=C(Nc1cncc(/C(C)=C/C=c2/[nH]nc(-c3cc4c(-c5cccc(F)c5)nccc4[nH]3)c2=C)c1)C(C)C. The van der Waals surface area contributed by atoms with Gasteiger partial charge in [0.25, 0.3) is 0 Å². The molecule has 0 spiro atoms. The van der Waals surface area contributed by atoms with Crippen LogP contribution < -0.4 is 15.9 Å². The van der Waals surface area contributed by atoms with Crippen LogP contribution in [0.1, 0.15) is 26.3 Å². The number of nitrogens with one attached hydrogen (secondary N) is 3. The van der Waals surface area contributed by atoms with Crippen LogP contribution in [0.4, 0.5) is 10.1 Å². The number of allylic oxidation sites excluding steroid dienone is 3. The molecule has 190 valence electrons. The highest BCUT2D eigenvalue weighted by Gasteiger charge is 2.13. The van der Waals surface area contributed by atoms with Crippen LogP contribution >= 0.6 is 0 Å². The van der Waals surface area contributed by atoms with E-state index in [2.05, 4.69) is 63.5 Å². The van der Waals surface area contributed by atoms with Gasteiger partial charge in [-0.05, 0) is 60.4 Å². The first-order valence-corrected chi connectivity index (χ1v) is 12.4. The smallest absolute Gasteiger partial charge is 0.123 e.